The molecule has 0 fully saturated rings. The number of rotatable bonds is 4. The molecule has 0 bridgehead atoms. The number of pyridine rings is 2. The third-order valence-electron chi connectivity index (χ3n) is 3.60. The van der Waals surface area contributed by atoms with Gasteiger partial charge in [0.2, 0.25) is 0 Å². The van der Waals surface area contributed by atoms with Gasteiger partial charge < -0.3 is 16.0 Å². The maximum absolute atomic E-state index is 11.8. The Morgan fingerprint density at radius 1 is 1.30 bits per heavy atom. The molecule has 0 aliphatic carbocycles. The van der Waals surface area contributed by atoms with Gasteiger partial charge >= 0.3 is 6.03 Å². The third-order valence-corrected chi connectivity index (χ3v) is 4.07. The Morgan fingerprint density at radius 3 is 3.04 bits per heavy atom. The van der Waals surface area contributed by atoms with E-state index < -0.39 is 0 Å². The fourth-order valence-electron chi connectivity index (χ4n) is 2.44. The largest absolute Gasteiger partial charge is 0.370 e. The molecule has 0 saturated carbocycles. The average molecular weight is 376 g/mol. The molecule has 6 nitrogen and oxygen atoms in total. The van der Waals surface area contributed by atoms with Crippen molar-refractivity contribution in [1.82, 2.24) is 15.3 Å². The predicted molar refractivity (Wildman–Crippen MR) is 93.7 cm³/mol. The lowest BCUT2D eigenvalue weighted by Gasteiger charge is -2.17. The Kier molecular flexibility index (Phi) is 5.07. The Bertz CT molecular complexity index is 689. The summed E-state index contributed by atoms with van der Waals surface area (Å²) < 4.78 is 0.732. The second-order valence-corrected chi connectivity index (χ2v) is 6.15. The molecule has 2 aromatic heterocycles. The lowest BCUT2D eigenvalue weighted by Crippen LogP contribution is -2.30. The number of aryl methyl sites for hydroxylation is 1. The summed E-state index contributed by atoms with van der Waals surface area (Å²) in [6.07, 6.45) is 4.53. The summed E-state index contributed by atoms with van der Waals surface area (Å²) in [6.45, 7) is 1.51. The summed E-state index contributed by atoms with van der Waals surface area (Å²) in [5, 5.41) is 8.88. The average Bonchev–Trinajstić information content (AvgIpc) is 2.57. The summed E-state index contributed by atoms with van der Waals surface area (Å²) in [5.74, 6) is 0.985. The van der Waals surface area contributed by atoms with Gasteiger partial charge in [0.05, 0.1) is 11.9 Å². The molecule has 2 amide bonds. The molecule has 1 aliphatic heterocycles. The molecule has 2 aromatic rings. The van der Waals surface area contributed by atoms with E-state index in [-0.39, 0.29) is 6.03 Å². The molecule has 3 N–H and O–H groups in total. The van der Waals surface area contributed by atoms with Crippen molar-refractivity contribution in [3.63, 3.8) is 0 Å². The van der Waals surface area contributed by atoms with Crippen LogP contribution >= 0.6 is 15.9 Å². The molecule has 1 aliphatic rings. The van der Waals surface area contributed by atoms with Gasteiger partial charge in [0.25, 0.3) is 0 Å². The zero-order valence-corrected chi connectivity index (χ0v) is 14.2. The van der Waals surface area contributed by atoms with Gasteiger partial charge in [0, 0.05) is 25.2 Å². The van der Waals surface area contributed by atoms with Crippen molar-refractivity contribution in [1.29, 1.82) is 0 Å². The zero-order valence-electron chi connectivity index (χ0n) is 12.6. The van der Waals surface area contributed by atoms with Crippen LogP contribution in [-0.2, 0) is 12.8 Å². The minimum atomic E-state index is -0.245. The molecule has 0 saturated heterocycles. The van der Waals surface area contributed by atoms with E-state index >= 15 is 0 Å². The Labute approximate surface area is 143 Å². The maximum atomic E-state index is 11.8. The zero-order chi connectivity index (χ0) is 16.1. The van der Waals surface area contributed by atoms with E-state index in [2.05, 4.69) is 47.9 Å². The van der Waals surface area contributed by atoms with Crippen molar-refractivity contribution in [2.75, 3.05) is 23.7 Å². The van der Waals surface area contributed by atoms with E-state index in [1.807, 2.05) is 6.07 Å². The first-order chi connectivity index (χ1) is 11.2. The molecule has 0 atom stereocenters. The number of urea groups is 1. The number of carbonyl (C=O) groups is 1. The van der Waals surface area contributed by atoms with Crippen molar-refractivity contribution in [3.05, 3.63) is 46.3 Å². The third kappa shape index (κ3) is 4.41. The summed E-state index contributed by atoms with van der Waals surface area (Å²) in [6, 6.07) is 7.47. The number of amides is 2. The smallest absolute Gasteiger partial charge is 0.319 e. The molecule has 0 spiro atoms. The molecule has 3 rings (SSSR count). The van der Waals surface area contributed by atoms with Gasteiger partial charge in [-0.1, -0.05) is 6.07 Å². The summed E-state index contributed by atoms with van der Waals surface area (Å²) >= 11 is 3.25. The normalized spacial score (nSPS) is 12.9. The van der Waals surface area contributed by atoms with Crippen LogP contribution in [0, 0.1) is 0 Å². The molecule has 120 valence electrons. The SMILES string of the molecule is O=C(NCCc1ccc2c(n1)NCCC2)Nc1ccc(Br)nc1. The molecule has 0 radical (unpaired) electrons. The first-order valence-corrected chi connectivity index (χ1v) is 8.39. The Morgan fingerprint density at radius 2 is 2.22 bits per heavy atom. The molecular weight excluding hydrogens is 358 g/mol. The van der Waals surface area contributed by atoms with Crippen LogP contribution in [0.1, 0.15) is 17.7 Å². The van der Waals surface area contributed by atoms with Gasteiger partial charge in [-0.3, -0.25) is 0 Å². The number of nitrogens with zero attached hydrogens (tertiary/aromatic N) is 2. The molecule has 3 heterocycles. The van der Waals surface area contributed by atoms with Crippen molar-refractivity contribution in [2.45, 2.75) is 19.3 Å². The van der Waals surface area contributed by atoms with Crippen LogP contribution in [0.15, 0.2) is 35.1 Å². The quantitative estimate of drug-likeness (QED) is 0.717. The van der Waals surface area contributed by atoms with Crippen molar-refractivity contribution in [2.24, 2.45) is 0 Å². The van der Waals surface area contributed by atoms with Crippen LogP contribution in [0.3, 0.4) is 0 Å². The number of hydrogen-bond acceptors (Lipinski definition) is 4. The monoisotopic (exact) mass is 375 g/mol. The topological polar surface area (TPSA) is 78.9 Å². The van der Waals surface area contributed by atoms with E-state index in [0.717, 1.165) is 35.5 Å². The lowest BCUT2D eigenvalue weighted by atomic mass is 10.1. The second kappa shape index (κ2) is 7.41. The highest BCUT2D eigenvalue weighted by atomic mass is 79.9. The van der Waals surface area contributed by atoms with Crippen LogP contribution in [0.4, 0.5) is 16.3 Å². The van der Waals surface area contributed by atoms with Crippen molar-refractivity contribution < 1.29 is 4.79 Å². The Hall–Kier alpha value is -2.15. The molecule has 0 unspecified atom stereocenters. The number of carbonyl (C=O) groups excluding carboxylic acids is 1. The van der Waals surface area contributed by atoms with Crippen LogP contribution in [0.5, 0.6) is 0 Å². The van der Waals surface area contributed by atoms with E-state index in [1.54, 1.807) is 18.3 Å². The van der Waals surface area contributed by atoms with Crippen LogP contribution < -0.4 is 16.0 Å². The van der Waals surface area contributed by atoms with Crippen LogP contribution in [0.2, 0.25) is 0 Å². The van der Waals surface area contributed by atoms with Gasteiger partial charge in [-0.2, -0.15) is 0 Å². The van der Waals surface area contributed by atoms with Gasteiger partial charge in [-0.25, -0.2) is 14.8 Å². The standard InChI is InChI=1S/C16H18BrN5O/c17-14-6-5-13(10-20-14)22-16(23)19-9-7-12-4-3-11-2-1-8-18-15(11)21-12/h3-6,10H,1-2,7-9H2,(H,18,21)(H2,19,22,23). The van der Waals surface area contributed by atoms with E-state index in [1.165, 1.54) is 5.56 Å². The van der Waals surface area contributed by atoms with E-state index in [9.17, 15) is 4.79 Å². The maximum Gasteiger partial charge on any atom is 0.319 e. The minimum absolute atomic E-state index is 0.245. The first kappa shape index (κ1) is 15.7. The van der Waals surface area contributed by atoms with Gasteiger partial charge in [0.15, 0.2) is 0 Å². The van der Waals surface area contributed by atoms with Crippen molar-refractivity contribution in [3.8, 4) is 0 Å². The molecular formula is C16H18BrN5O. The number of aromatic nitrogens is 2. The summed E-state index contributed by atoms with van der Waals surface area (Å²) in [5.41, 5.74) is 2.90. The first-order valence-electron chi connectivity index (χ1n) is 7.60. The van der Waals surface area contributed by atoms with Crippen molar-refractivity contribution >= 4 is 33.5 Å². The highest BCUT2D eigenvalue weighted by Crippen LogP contribution is 2.19. The molecule has 23 heavy (non-hydrogen) atoms. The number of nitrogens with one attached hydrogen (secondary N) is 3. The van der Waals surface area contributed by atoms with Gasteiger partial charge in [-0.15, -0.1) is 0 Å². The highest BCUT2D eigenvalue weighted by molar-refractivity contribution is 9.10. The fourth-order valence-corrected chi connectivity index (χ4v) is 2.67. The second-order valence-electron chi connectivity index (χ2n) is 5.34. The van der Waals surface area contributed by atoms with Crippen LogP contribution in [-0.4, -0.2) is 29.1 Å². The minimum Gasteiger partial charge on any atom is -0.370 e. The molecule has 0 aromatic carbocycles. The number of anilines is 2. The summed E-state index contributed by atoms with van der Waals surface area (Å²) in [7, 11) is 0. The Balaban J connectivity index is 1.47. The van der Waals surface area contributed by atoms with E-state index in [0.29, 0.717) is 18.7 Å². The number of halogens is 1. The van der Waals surface area contributed by atoms with Gasteiger partial charge in [0.1, 0.15) is 10.4 Å². The van der Waals surface area contributed by atoms with E-state index in [4.69, 9.17) is 0 Å². The summed E-state index contributed by atoms with van der Waals surface area (Å²) in [4.78, 5) is 20.5. The van der Waals surface area contributed by atoms with Crippen LogP contribution in [0.25, 0.3) is 0 Å². The fraction of sp³-hybridized carbons (Fsp3) is 0.312. The lowest BCUT2D eigenvalue weighted by molar-refractivity contribution is 0.252. The number of hydrogen-bond donors (Lipinski definition) is 3. The number of fused-ring (bicyclic) bond motifs is 1. The highest BCUT2D eigenvalue weighted by Gasteiger charge is 2.10. The molecule has 7 heteroatoms. The van der Waals surface area contributed by atoms with Gasteiger partial charge in [-0.05, 0) is 52.5 Å². The predicted octanol–water partition coefficient (Wildman–Crippen LogP) is 2.96.